The van der Waals surface area contributed by atoms with Gasteiger partial charge < -0.3 is 11.1 Å². The van der Waals surface area contributed by atoms with Gasteiger partial charge in [-0.05, 0) is 37.0 Å². The van der Waals surface area contributed by atoms with Crippen LogP contribution >= 0.6 is 11.8 Å². The van der Waals surface area contributed by atoms with Crippen molar-refractivity contribution in [2.45, 2.75) is 23.9 Å². The highest BCUT2D eigenvalue weighted by Crippen LogP contribution is 2.34. The molecule has 1 saturated carbocycles. The van der Waals surface area contributed by atoms with E-state index in [4.69, 9.17) is 5.73 Å². The van der Waals surface area contributed by atoms with Gasteiger partial charge in [0, 0.05) is 17.1 Å². The molecule has 0 aromatic heterocycles. The van der Waals surface area contributed by atoms with Crippen molar-refractivity contribution in [2.24, 2.45) is 5.92 Å². The summed E-state index contributed by atoms with van der Waals surface area (Å²) >= 11 is 1.14. The smallest absolute Gasteiger partial charge is 0.398 e. The normalized spacial score (nSPS) is 15.2. The number of hydrogen-bond donors (Lipinski definition) is 2. The fraction of sp³-hybridized carbons (Fsp3) is 0.462. The van der Waals surface area contributed by atoms with E-state index in [9.17, 15) is 18.0 Å². The number of rotatable bonds is 5. The van der Waals surface area contributed by atoms with Gasteiger partial charge in [-0.3, -0.25) is 4.79 Å². The van der Waals surface area contributed by atoms with Crippen LogP contribution in [0.3, 0.4) is 0 Å². The molecule has 7 heteroatoms. The first-order chi connectivity index (χ1) is 9.36. The molecule has 0 aliphatic heterocycles. The maximum atomic E-state index is 12.5. The van der Waals surface area contributed by atoms with Crippen LogP contribution in [0, 0.1) is 5.92 Å². The van der Waals surface area contributed by atoms with E-state index in [1.54, 1.807) is 0 Å². The first-order valence-corrected chi connectivity index (χ1v) is 7.21. The number of amides is 1. The van der Waals surface area contributed by atoms with E-state index in [1.807, 2.05) is 0 Å². The second-order valence-electron chi connectivity index (χ2n) is 4.79. The van der Waals surface area contributed by atoms with Crippen LogP contribution < -0.4 is 11.1 Å². The maximum Gasteiger partial charge on any atom is 0.416 e. The zero-order chi connectivity index (χ0) is 14.8. The Morgan fingerprint density at radius 3 is 2.65 bits per heavy atom. The number of nitrogens with two attached hydrogens (primary N) is 1. The Bertz CT molecular complexity index is 501. The molecule has 20 heavy (non-hydrogen) atoms. The lowest BCUT2D eigenvalue weighted by Crippen LogP contribution is -2.27. The van der Waals surface area contributed by atoms with E-state index in [1.165, 1.54) is 6.07 Å². The van der Waals surface area contributed by atoms with Crippen LogP contribution in [0.5, 0.6) is 0 Å². The topological polar surface area (TPSA) is 55.1 Å². The molecule has 0 bridgehead atoms. The van der Waals surface area contributed by atoms with Gasteiger partial charge in [0.15, 0.2) is 0 Å². The van der Waals surface area contributed by atoms with Gasteiger partial charge in [-0.1, -0.05) is 0 Å². The molecule has 0 radical (unpaired) electrons. The van der Waals surface area contributed by atoms with E-state index in [2.05, 4.69) is 5.32 Å². The molecule has 1 aliphatic rings. The van der Waals surface area contributed by atoms with Crippen molar-refractivity contribution in [2.75, 3.05) is 18.0 Å². The average Bonchev–Trinajstić information content (AvgIpc) is 3.17. The van der Waals surface area contributed by atoms with Gasteiger partial charge in [0.25, 0.3) is 0 Å². The van der Waals surface area contributed by atoms with Crippen molar-refractivity contribution in [1.29, 1.82) is 0 Å². The highest BCUT2D eigenvalue weighted by Gasteiger charge is 2.30. The van der Waals surface area contributed by atoms with Crippen LogP contribution in [-0.4, -0.2) is 18.2 Å². The van der Waals surface area contributed by atoms with Crippen LogP contribution in [0.4, 0.5) is 18.9 Å². The molecule has 1 aromatic carbocycles. The predicted octanol–water partition coefficient (Wildman–Crippen LogP) is 2.91. The third-order valence-electron chi connectivity index (χ3n) is 2.98. The van der Waals surface area contributed by atoms with Gasteiger partial charge in [0.05, 0.1) is 11.3 Å². The minimum Gasteiger partial charge on any atom is -0.398 e. The van der Waals surface area contributed by atoms with E-state index in [0.29, 0.717) is 17.4 Å². The fourth-order valence-corrected chi connectivity index (χ4v) is 2.41. The molecule has 0 spiro atoms. The van der Waals surface area contributed by atoms with E-state index >= 15 is 0 Å². The second-order valence-corrected chi connectivity index (χ2v) is 5.80. The summed E-state index contributed by atoms with van der Waals surface area (Å²) in [5, 5.41) is 2.79. The Morgan fingerprint density at radius 2 is 2.10 bits per heavy atom. The molecule has 2 rings (SSSR count). The minimum atomic E-state index is -4.40. The molecule has 3 nitrogen and oxygen atoms in total. The van der Waals surface area contributed by atoms with Gasteiger partial charge in [-0.25, -0.2) is 0 Å². The Balaban J connectivity index is 1.87. The quantitative estimate of drug-likeness (QED) is 0.649. The molecule has 0 heterocycles. The summed E-state index contributed by atoms with van der Waals surface area (Å²) in [6, 6.07) is 3.17. The minimum absolute atomic E-state index is 0.0415. The number of nitrogens with one attached hydrogen (secondary N) is 1. The van der Waals surface area contributed by atoms with Crippen LogP contribution in [0.1, 0.15) is 18.4 Å². The molecule has 1 aromatic rings. The van der Waals surface area contributed by atoms with Gasteiger partial charge in [-0.2, -0.15) is 13.2 Å². The number of benzene rings is 1. The summed E-state index contributed by atoms with van der Waals surface area (Å²) in [4.78, 5) is 12.0. The molecule has 1 fully saturated rings. The van der Waals surface area contributed by atoms with Gasteiger partial charge in [0.2, 0.25) is 5.91 Å². The fourth-order valence-electron chi connectivity index (χ4n) is 1.63. The molecule has 3 N–H and O–H groups in total. The van der Waals surface area contributed by atoms with Crippen LogP contribution in [0.15, 0.2) is 23.1 Å². The Morgan fingerprint density at radius 1 is 1.40 bits per heavy atom. The predicted molar refractivity (Wildman–Crippen MR) is 72.3 cm³/mol. The Hall–Kier alpha value is -1.37. The lowest BCUT2D eigenvalue weighted by molar-refractivity contribution is -0.137. The molecular weight excluding hydrogens is 289 g/mol. The monoisotopic (exact) mass is 304 g/mol. The van der Waals surface area contributed by atoms with Crippen LogP contribution in [0.25, 0.3) is 0 Å². The lowest BCUT2D eigenvalue weighted by atomic mass is 10.2. The largest absolute Gasteiger partial charge is 0.416 e. The molecule has 1 amide bonds. The summed E-state index contributed by atoms with van der Waals surface area (Å²) < 4.78 is 37.4. The third kappa shape index (κ3) is 4.33. The van der Waals surface area contributed by atoms with Gasteiger partial charge in [-0.15, -0.1) is 11.8 Å². The van der Waals surface area contributed by atoms with E-state index in [-0.39, 0.29) is 17.3 Å². The molecule has 1 aliphatic carbocycles. The molecule has 0 atom stereocenters. The van der Waals surface area contributed by atoms with E-state index < -0.39 is 11.7 Å². The van der Waals surface area contributed by atoms with Crippen molar-refractivity contribution in [1.82, 2.24) is 5.32 Å². The second kappa shape index (κ2) is 5.95. The summed E-state index contributed by atoms with van der Waals surface area (Å²) in [5.74, 6) is 0.628. The highest BCUT2D eigenvalue weighted by atomic mass is 32.2. The summed E-state index contributed by atoms with van der Waals surface area (Å²) in [6.07, 6.45) is -2.10. The van der Waals surface area contributed by atoms with Crippen molar-refractivity contribution in [3.63, 3.8) is 0 Å². The first-order valence-electron chi connectivity index (χ1n) is 6.22. The van der Waals surface area contributed by atoms with Gasteiger partial charge in [0.1, 0.15) is 0 Å². The zero-order valence-electron chi connectivity index (χ0n) is 10.7. The van der Waals surface area contributed by atoms with Crippen molar-refractivity contribution in [3.05, 3.63) is 23.8 Å². The number of hydrogen-bond acceptors (Lipinski definition) is 3. The lowest BCUT2D eigenvalue weighted by Gasteiger charge is -2.10. The summed E-state index contributed by atoms with van der Waals surface area (Å²) in [5.41, 5.74) is 4.85. The number of nitrogen functional groups attached to an aromatic ring is 1. The molecule has 0 unspecified atom stereocenters. The number of thioether (sulfide) groups is 1. The van der Waals surface area contributed by atoms with Crippen molar-refractivity contribution < 1.29 is 18.0 Å². The Kier molecular flexibility index (Phi) is 4.47. The summed E-state index contributed by atoms with van der Waals surface area (Å²) in [7, 11) is 0. The van der Waals surface area contributed by atoms with Crippen LogP contribution in [-0.2, 0) is 11.0 Å². The molecule has 110 valence electrons. The average molecular weight is 304 g/mol. The number of halogens is 3. The Labute approximate surface area is 119 Å². The SMILES string of the molecule is Nc1cc(C(F)(F)F)ccc1SCC(=O)NCC1CC1. The van der Waals surface area contributed by atoms with E-state index in [0.717, 1.165) is 36.7 Å². The first kappa shape index (κ1) is 15.0. The number of alkyl halides is 3. The van der Waals surface area contributed by atoms with Crippen LogP contribution in [0.2, 0.25) is 0 Å². The number of carbonyl (C=O) groups is 1. The van der Waals surface area contributed by atoms with Crippen molar-refractivity contribution >= 4 is 23.4 Å². The third-order valence-corrected chi connectivity index (χ3v) is 4.07. The summed E-state index contributed by atoms with van der Waals surface area (Å²) in [6.45, 7) is 0.682. The standard InChI is InChI=1S/C13H15F3N2OS/c14-13(15,16)9-3-4-11(10(17)5-9)20-7-12(19)18-6-8-1-2-8/h3-5,8H,1-2,6-7,17H2,(H,18,19). The highest BCUT2D eigenvalue weighted by molar-refractivity contribution is 8.00. The molecular formula is C13H15F3N2OS. The van der Waals surface area contributed by atoms with Gasteiger partial charge >= 0.3 is 6.18 Å². The number of carbonyl (C=O) groups excluding carboxylic acids is 1. The molecule has 0 saturated heterocycles. The van der Waals surface area contributed by atoms with Crippen molar-refractivity contribution in [3.8, 4) is 0 Å². The zero-order valence-corrected chi connectivity index (χ0v) is 11.5. The number of anilines is 1. The maximum absolute atomic E-state index is 12.5.